The van der Waals surface area contributed by atoms with Crippen molar-refractivity contribution in [1.82, 2.24) is 15.1 Å². The Labute approximate surface area is 133 Å². The SMILES string of the molecule is Cc1ccc(CCNC(=O)CCC(C)N2CCN(C)CC2)o1. The zero-order chi connectivity index (χ0) is 15.9. The highest BCUT2D eigenvalue weighted by Crippen LogP contribution is 2.10. The number of carbonyl (C=O) groups is 1. The van der Waals surface area contributed by atoms with E-state index in [1.165, 1.54) is 0 Å². The molecule has 0 radical (unpaired) electrons. The van der Waals surface area contributed by atoms with E-state index in [1.807, 2.05) is 19.1 Å². The second-order valence-corrected chi connectivity index (χ2v) is 6.34. The first-order chi connectivity index (χ1) is 10.5. The monoisotopic (exact) mass is 307 g/mol. The Morgan fingerprint density at radius 1 is 1.32 bits per heavy atom. The molecule has 1 aliphatic rings. The molecule has 2 heterocycles. The van der Waals surface area contributed by atoms with Gasteiger partial charge >= 0.3 is 0 Å². The number of likely N-dealkylation sites (N-methyl/N-ethyl adjacent to an activating group) is 1. The van der Waals surface area contributed by atoms with Crippen LogP contribution in [0.5, 0.6) is 0 Å². The molecule has 5 nitrogen and oxygen atoms in total. The first-order valence-corrected chi connectivity index (χ1v) is 8.29. The second kappa shape index (κ2) is 8.34. The average Bonchev–Trinajstić information content (AvgIpc) is 2.91. The number of hydrogen-bond donors (Lipinski definition) is 1. The number of furan rings is 1. The van der Waals surface area contributed by atoms with Crippen LogP contribution in [0.4, 0.5) is 0 Å². The highest BCUT2D eigenvalue weighted by molar-refractivity contribution is 5.75. The van der Waals surface area contributed by atoms with Gasteiger partial charge in [-0.2, -0.15) is 0 Å². The van der Waals surface area contributed by atoms with Crippen molar-refractivity contribution in [2.24, 2.45) is 0 Å². The third-order valence-corrected chi connectivity index (χ3v) is 4.44. The third kappa shape index (κ3) is 5.46. The predicted octanol–water partition coefficient (Wildman–Crippen LogP) is 1.66. The molecule has 1 atom stereocenters. The van der Waals surface area contributed by atoms with Gasteiger partial charge in [-0.3, -0.25) is 9.69 Å². The van der Waals surface area contributed by atoms with Crippen molar-refractivity contribution in [2.45, 2.75) is 39.2 Å². The van der Waals surface area contributed by atoms with Crippen LogP contribution in [0.3, 0.4) is 0 Å². The van der Waals surface area contributed by atoms with Crippen LogP contribution in [0.2, 0.25) is 0 Å². The first-order valence-electron chi connectivity index (χ1n) is 8.29. The standard InChI is InChI=1S/C17H29N3O2/c1-14(20-12-10-19(3)11-13-20)4-7-17(21)18-9-8-16-6-5-15(2)22-16/h5-6,14H,4,7-13H2,1-3H3,(H,18,21). The maximum absolute atomic E-state index is 11.9. The van der Waals surface area contributed by atoms with E-state index in [0.29, 0.717) is 19.0 Å². The summed E-state index contributed by atoms with van der Waals surface area (Å²) in [6.45, 7) is 9.27. The molecule has 0 aromatic carbocycles. The molecular weight excluding hydrogens is 278 g/mol. The van der Waals surface area contributed by atoms with Gasteiger partial charge in [0.2, 0.25) is 5.91 Å². The number of aryl methyl sites for hydroxylation is 1. The Balaban J connectivity index is 1.58. The lowest BCUT2D eigenvalue weighted by Gasteiger charge is -2.36. The summed E-state index contributed by atoms with van der Waals surface area (Å²) in [4.78, 5) is 16.7. The lowest BCUT2D eigenvalue weighted by atomic mass is 10.1. The van der Waals surface area contributed by atoms with E-state index in [9.17, 15) is 4.79 Å². The molecule has 1 amide bonds. The number of hydrogen-bond acceptors (Lipinski definition) is 4. The van der Waals surface area contributed by atoms with Crippen LogP contribution >= 0.6 is 0 Å². The van der Waals surface area contributed by atoms with Crippen molar-refractivity contribution < 1.29 is 9.21 Å². The zero-order valence-corrected chi connectivity index (χ0v) is 14.1. The van der Waals surface area contributed by atoms with E-state index in [4.69, 9.17) is 4.42 Å². The van der Waals surface area contributed by atoms with Crippen LogP contribution in [0.1, 0.15) is 31.3 Å². The van der Waals surface area contributed by atoms with Crippen molar-refractivity contribution >= 4 is 5.91 Å². The van der Waals surface area contributed by atoms with Crippen LogP contribution < -0.4 is 5.32 Å². The minimum atomic E-state index is 0.143. The van der Waals surface area contributed by atoms with Gasteiger partial charge in [-0.05, 0) is 39.4 Å². The molecule has 1 aromatic rings. The fourth-order valence-corrected chi connectivity index (χ4v) is 2.82. The fraction of sp³-hybridized carbons (Fsp3) is 0.706. The zero-order valence-electron chi connectivity index (χ0n) is 14.1. The number of amides is 1. The molecule has 1 N–H and O–H groups in total. The molecular formula is C17H29N3O2. The van der Waals surface area contributed by atoms with Crippen LogP contribution in [-0.2, 0) is 11.2 Å². The quantitative estimate of drug-likeness (QED) is 0.832. The Hall–Kier alpha value is -1.33. The second-order valence-electron chi connectivity index (χ2n) is 6.34. The third-order valence-electron chi connectivity index (χ3n) is 4.44. The van der Waals surface area contributed by atoms with Gasteiger partial charge in [0.15, 0.2) is 0 Å². The summed E-state index contributed by atoms with van der Waals surface area (Å²) in [6, 6.07) is 4.40. The Morgan fingerprint density at radius 3 is 2.68 bits per heavy atom. The smallest absolute Gasteiger partial charge is 0.220 e. The Bertz CT molecular complexity index is 464. The molecule has 1 aliphatic heterocycles. The summed E-state index contributed by atoms with van der Waals surface area (Å²) < 4.78 is 5.49. The van der Waals surface area contributed by atoms with Crippen LogP contribution in [0.15, 0.2) is 16.5 Å². The van der Waals surface area contributed by atoms with Crippen molar-refractivity contribution in [3.63, 3.8) is 0 Å². The summed E-state index contributed by atoms with van der Waals surface area (Å²) in [6.07, 6.45) is 2.29. The van der Waals surface area contributed by atoms with Crippen LogP contribution in [0.25, 0.3) is 0 Å². The molecule has 0 bridgehead atoms. The molecule has 0 saturated carbocycles. The average molecular weight is 307 g/mol. The number of nitrogens with one attached hydrogen (secondary N) is 1. The van der Waals surface area contributed by atoms with Crippen molar-refractivity contribution in [3.8, 4) is 0 Å². The largest absolute Gasteiger partial charge is 0.466 e. The normalized spacial score (nSPS) is 18.3. The highest BCUT2D eigenvalue weighted by Gasteiger charge is 2.19. The van der Waals surface area contributed by atoms with E-state index < -0.39 is 0 Å². The maximum atomic E-state index is 11.9. The molecule has 1 fully saturated rings. The van der Waals surface area contributed by atoms with Gasteiger partial charge in [0.25, 0.3) is 0 Å². The minimum absolute atomic E-state index is 0.143. The number of carbonyl (C=O) groups excluding carboxylic acids is 1. The van der Waals surface area contributed by atoms with Crippen molar-refractivity contribution in [3.05, 3.63) is 23.7 Å². The van der Waals surface area contributed by atoms with Gasteiger partial charge in [-0.15, -0.1) is 0 Å². The molecule has 5 heteroatoms. The summed E-state index contributed by atoms with van der Waals surface area (Å²) in [5.41, 5.74) is 0. The van der Waals surface area contributed by atoms with E-state index >= 15 is 0 Å². The summed E-state index contributed by atoms with van der Waals surface area (Å²) >= 11 is 0. The maximum Gasteiger partial charge on any atom is 0.220 e. The Morgan fingerprint density at radius 2 is 2.05 bits per heavy atom. The van der Waals surface area contributed by atoms with Gasteiger partial charge < -0.3 is 14.6 Å². The topological polar surface area (TPSA) is 48.7 Å². The van der Waals surface area contributed by atoms with Crippen LogP contribution in [-0.4, -0.2) is 61.5 Å². The van der Waals surface area contributed by atoms with Gasteiger partial charge in [0, 0.05) is 51.6 Å². The molecule has 124 valence electrons. The minimum Gasteiger partial charge on any atom is -0.466 e. The molecule has 2 rings (SSSR count). The molecule has 1 saturated heterocycles. The molecule has 1 aromatic heterocycles. The van der Waals surface area contributed by atoms with E-state index in [1.54, 1.807) is 0 Å². The lowest BCUT2D eigenvalue weighted by Crippen LogP contribution is -2.48. The number of nitrogens with zero attached hydrogens (tertiary/aromatic N) is 2. The van der Waals surface area contributed by atoms with Crippen LogP contribution in [0, 0.1) is 6.92 Å². The molecule has 22 heavy (non-hydrogen) atoms. The first kappa shape index (κ1) is 17.0. The lowest BCUT2D eigenvalue weighted by molar-refractivity contribution is -0.121. The van der Waals surface area contributed by atoms with Gasteiger partial charge in [0.1, 0.15) is 11.5 Å². The van der Waals surface area contributed by atoms with Crippen molar-refractivity contribution in [1.29, 1.82) is 0 Å². The summed E-state index contributed by atoms with van der Waals surface area (Å²) in [7, 11) is 2.16. The molecule has 1 unspecified atom stereocenters. The van der Waals surface area contributed by atoms with E-state index in [0.717, 1.165) is 50.5 Å². The number of rotatable bonds is 7. The Kier molecular flexibility index (Phi) is 6.46. The van der Waals surface area contributed by atoms with Gasteiger partial charge in [0.05, 0.1) is 0 Å². The van der Waals surface area contributed by atoms with Crippen molar-refractivity contribution in [2.75, 3.05) is 39.8 Å². The molecule has 0 spiro atoms. The highest BCUT2D eigenvalue weighted by atomic mass is 16.3. The summed E-state index contributed by atoms with van der Waals surface area (Å²) in [5, 5.41) is 2.98. The fourth-order valence-electron chi connectivity index (χ4n) is 2.82. The summed E-state index contributed by atoms with van der Waals surface area (Å²) in [5.74, 6) is 2.00. The van der Waals surface area contributed by atoms with Gasteiger partial charge in [-0.1, -0.05) is 0 Å². The molecule has 0 aliphatic carbocycles. The number of piperazine rings is 1. The van der Waals surface area contributed by atoms with E-state index in [-0.39, 0.29) is 5.91 Å². The predicted molar refractivity (Wildman–Crippen MR) is 87.9 cm³/mol. The van der Waals surface area contributed by atoms with E-state index in [2.05, 4.69) is 29.1 Å². The van der Waals surface area contributed by atoms with Gasteiger partial charge in [-0.25, -0.2) is 0 Å².